The number of benzene rings is 2. The molecule has 0 amide bonds. The third kappa shape index (κ3) is 10.2. The van der Waals surface area contributed by atoms with Crippen molar-refractivity contribution in [3.05, 3.63) is 83.5 Å². The molecule has 0 bridgehead atoms. The molecule has 10 heteroatoms. The lowest BCUT2D eigenvalue weighted by atomic mass is 9.90. The molecule has 8 nitrogen and oxygen atoms in total. The summed E-state index contributed by atoms with van der Waals surface area (Å²) in [4.78, 5) is 1.14. The molecule has 1 aliphatic rings. The molecule has 0 saturated carbocycles. The lowest BCUT2D eigenvalue weighted by molar-refractivity contribution is -0.527. The lowest BCUT2D eigenvalue weighted by Gasteiger charge is -2.25. The van der Waals surface area contributed by atoms with Gasteiger partial charge < -0.3 is 4.90 Å². The molecule has 3 rings (SSSR count). The number of unbranched alkanes of at least 4 members (excludes halogenated alkanes) is 4. The second-order valence-corrected chi connectivity index (χ2v) is 14.3. The summed E-state index contributed by atoms with van der Waals surface area (Å²) in [5, 5.41) is 0. The summed E-state index contributed by atoms with van der Waals surface area (Å²) in [6, 6.07) is 11.2. The molecule has 0 aromatic heterocycles. The van der Waals surface area contributed by atoms with Gasteiger partial charge in [0.15, 0.2) is 5.71 Å². The van der Waals surface area contributed by atoms with Crippen molar-refractivity contribution in [3.63, 3.8) is 0 Å². The Hall–Kier alpha value is -3.05. The molecule has 0 heterocycles. The van der Waals surface area contributed by atoms with E-state index in [-0.39, 0.29) is 5.56 Å². The Labute approximate surface area is 270 Å². The van der Waals surface area contributed by atoms with Crippen LogP contribution in [-0.4, -0.2) is 62.4 Å². The van der Waals surface area contributed by atoms with Crippen LogP contribution in [0.25, 0.3) is 5.57 Å². The Kier molecular flexibility index (Phi) is 13.8. The molecule has 0 atom stereocenters. The van der Waals surface area contributed by atoms with Crippen molar-refractivity contribution in [2.45, 2.75) is 88.9 Å². The van der Waals surface area contributed by atoms with Gasteiger partial charge in [-0.15, -0.1) is 0 Å². The van der Waals surface area contributed by atoms with Crippen LogP contribution < -0.4 is 4.90 Å². The highest BCUT2D eigenvalue weighted by Gasteiger charge is 2.25. The first-order valence-corrected chi connectivity index (χ1v) is 19.0. The Morgan fingerprint density at radius 3 is 1.69 bits per heavy atom. The minimum atomic E-state index is -4.87. The van der Waals surface area contributed by atoms with Crippen LogP contribution in [0.5, 0.6) is 0 Å². The standard InChI is InChI=1S/C35H48N2O6S2/c1-5-9-23-36(24-10-6-2)30-17-13-28(14-18-30)35(33-22-21-32(44(38,39)40)27-34(33)45(41,42)43)29-15-19-31(20-16-29)37(25-11-7-3)26-12-8-4/h13-22,27H,5-12,23-26H2,1-4H3,(H-,38,39,40,41,42,43)/p+1. The van der Waals surface area contributed by atoms with E-state index in [1.54, 1.807) is 0 Å². The molecule has 45 heavy (non-hydrogen) atoms. The zero-order valence-corrected chi connectivity index (χ0v) is 28.7. The molecule has 2 aromatic rings. The first-order valence-electron chi connectivity index (χ1n) is 16.1. The first kappa shape index (κ1) is 36.4. The van der Waals surface area contributed by atoms with E-state index in [1.807, 2.05) is 48.6 Å². The summed E-state index contributed by atoms with van der Waals surface area (Å²) < 4.78 is 71.3. The fourth-order valence-corrected chi connectivity index (χ4v) is 6.68. The Morgan fingerprint density at radius 1 is 0.689 bits per heavy atom. The van der Waals surface area contributed by atoms with Gasteiger partial charge in [-0.05, 0) is 66.0 Å². The van der Waals surface area contributed by atoms with Crippen molar-refractivity contribution in [1.82, 2.24) is 0 Å². The van der Waals surface area contributed by atoms with Gasteiger partial charge >= 0.3 is 0 Å². The van der Waals surface area contributed by atoms with Crippen LogP contribution in [0.3, 0.4) is 0 Å². The maximum Gasteiger partial charge on any atom is 0.295 e. The maximum absolute atomic E-state index is 12.6. The van der Waals surface area contributed by atoms with Crippen molar-refractivity contribution in [2.24, 2.45) is 0 Å². The summed E-state index contributed by atoms with van der Waals surface area (Å²) >= 11 is 0. The van der Waals surface area contributed by atoms with Crippen LogP contribution in [0.2, 0.25) is 0 Å². The van der Waals surface area contributed by atoms with E-state index >= 15 is 0 Å². The van der Waals surface area contributed by atoms with E-state index in [4.69, 9.17) is 0 Å². The number of hydrogen-bond acceptors (Lipinski definition) is 5. The number of rotatable bonds is 17. The van der Waals surface area contributed by atoms with E-state index in [0.717, 1.165) is 101 Å². The molecular formula is C35H49N2O6S2+. The van der Waals surface area contributed by atoms with Gasteiger partial charge in [-0.2, -0.15) is 16.8 Å². The first-order chi connectivity index (χ1) is 21.4. The predicted octanol–water partition coefficient (Wildman–Crippen LogP) is 7.57. The van der Waals surface area contributed by atoms with Crippen molar-refractivity contribution in [2.75, 3.05) is 31.1 Å². The maximum atomic E-state index is 12.6. The Balaban J connectivity index is 2.24. The average Bonchev–Trinajstić information content (AvgIpc) is 3.01. The predicted molar refractivity (Wildman–Crippen MR) is 184 cm³/mol. The van der Waals surface area contributed by atoms with Crippen LogP contribution >= 0.6 is 0 Å². The SMILES string of the molecule is CCCCN(CCCC)c1ccc(C(=C2C=CC(=[N+](CCCC)CCCC)C=C2)c2ccc(S(=O)(=O)O)cc2S(=O)(=O)O)cc1. The molecule has 2 aromatic carbocycles. The van der Waals surface area contributed by atoms with Crippen molar-refractivity contribution in [3.8, 4) is 0 Å². The highest BCUT2D eigenvalue weighted by molar-refractivity contribution is 7.86. The van der Waals surface area contributed by atoms with Crippen molar-refractivity contribution in [1.29, 1.82) is 0 Å². The van der Waals surface area contributed by atoms with Crippen LogP contribution in [-0.2, 0) is 20.2 Å². The highest BCUT2D eigenvalue weighted by atomic mass is 32.2. The minimum absolute atomic E-state index is 0.132. The van der Waals surface area contributed by atoms with Gasteiger partial charge in [0, 0.05) is 49.3 Å². The summed E-state index contributed by atoms with van der Waals surface area (Å²) in [6.07, 6.45) is 16.5. The molecule has 0 aliphatic heterocycles. The Morgan fingerprint density at radius 2 is 1.22 bits per heavy atom. The van der Waals surface area contributed by atoms with Gasteiger partial charge in [-0.25, -0.2) is 4.58 Å². The van der Waals surface area contributed by atoms with Crippen molar-refractivity contribution < 1.29 is 30.5 Å². The molecular weight excluding hydrogens is 609 g/mol. The number of anilines is 1. The highest BCUT2D eigenvalue weighted by Crippen LogP contribution is 2.36. The van der Waals surface area contributed by atoms with Crippen LogP contribution in [0.1, 0.15) is 90.2 Å². The van der Waals surface area contributed by atoms with E-state index in [9.17, 15) is 25.9 Å². The average molecular weight is 658 g/mol. The zero-order valence-electron chi connectivity index (χ0n) is 27.1. The summed E-state index contributed by atoms with van der Waals surface area (Å²) in [6.45, 7) is 12.4. The topological polar surface area (TPSA) is 115 Å². The molecule has 0 radical (unpaired) electrons. The molecule has 0 unspecified atom stereocenters. The van der Waals surface area contributed by atoms with Gasteiger partial charge in [0.2, 0.25) is 0 Å². The monoisotopic (exact) mass is 657 g/mol. The van der Waals surface area contributed by atoms with Gasteiger partial charge in [-0.1, -0.05) is 71.6 Å². The fraction of sp³-hybridized carbons (Fsp3) is 0.457. The minimum Gasteiger partial charge on any atom is -0.372 e. The van der Waals surface area contributed by atoms with Crippen molar-refractivity contribution >= 4 is 37.2 Å². The number of nitrogens with zero attached hydrogens (tertiary/aromatic N) is 2. The van der Waals surface area contributed by atoms with Crippen LogP contribution in [0.4, 0.5) is 5.69 Å². The van der Waals surface area contributed by atoms with Gasteiger partial charge in [0.1, 0.15) is 18.0 Å². The summed E-state index contributed by atoms with van der Waals surface area (Å²) in [5.41, 5.74) is 4.19. The smallest absolute Gasteiger partial charge is 0.295 e. The second kappa shape index (κ2) is 17.0. The summed E-state index contributed by atoms with van der Waals surface area (Å²) in [5.74, 6) is 0. The van der Waals surface area contributed by atoms with Crippen LogP contribution in [0.15, 0.2) is 82.1 Å². The van der Waals surface area contributed by atoms with Crippen LogP contribution in [0, 0.1) is 0 Å². The molecule has 0 spiro atoms. The van der Waals surface area contributed by atoms with E-state index in [1.165, 1.54) is 6.07 Å². The van der Waals surface area contributed by atoms with E-state index < -0.39 is 30.0 Å². The molecule has 0 fully saturated rings. The van der Waals surface area contributed by atoms with E-state index in [2.05, 4.69) is 37.2 Å². The fourth-order valence-electron chi connectivity index (χ4n) is 5.37. The van der Waals surface area contributed by atoms with Gasteiger partial charge in [0.25, 0.3) is 20.2 Å². The lowest BCUT2D eigenvalue weighted by Crippen LogP contribution is -2.25. The second-order valence-electron chi connectivity index (χ2n) is 11.5. The largest absolute Gasteiger partial charge is 0.372 e. The summed E-state index contributed by atoms with van der Waals surface area (Å²) in [7, 11) is -9.59. The quantitative estimate of drug-likeness (QED) is 0.133. The number of allylic oxidation sites excluding steroid dienone is 5. The third-order valence-electron chi connectivity index (χ3n) is 7.97. The van der Waals surface area contributed by atoms with E-state index in [0.29, 0.717) is 16.7 Å². The molecule has 1 aliphatic carbocycles. The Bertz CT molecular complexity index is 1600. The zero-order chi connectivity index (χ0) is 33.0. The molecule has 2 N–H and O–H groups in total. The van der Waals surface area contributed by atoms with Gasteiger partial charge in [-0.3, -0.25) is 9.11 Å². The third-order valence-corrected chi connectivity index (χ3v) is 9.71. The molecule has 0 saturated heterocycles. The molecule has 246 valence electrons. The number of hydrogen-bond donors (Lipinski definition) is 2. The van der Waals surface area contributed by atoms with Gasteiger partial charge in [0.05, 0.1) is 4.90 Å². The normalized spacial score (nSPS) is 13.4.